The zero-order chi connectivity index (χ0) is 10.7. The summed E-state index contributed by atoms with van der Waals surface area (Å²) in [7, 11) is 0. The number of aliphatic carboxylic acids is 1. The molecule has 0 aliphatic heterocycles. The number of allylic oxidation sites excluding steroid dienone is 2. The number of hydrogen-bond donors (Lipinski definition) is 1. The molecule has 1 aromatic rings. The van der Waals surface area contributed by atoms with Crippen LogP contribution in [-0.2, 0) is 11.2 Å². The topological polar surface area (TPSA) is 37.3 Å². The first-order valence-electron chi connectivity index (χ1n) is 4.95. The van der Waals surface area contributed by atoms with E-state index in [1.807, 2.05) is 12.1 Å². The Morgan fingerprint density at radius 1 is 1.27 bits per heavy atom. The van der Waals surface area contributed by atoms with E-state index in [1.165, 1.54) is 17.2 Å². The van der Waals surface area contributed by atoms with Crippen LogP contribution in [0.4, 0.5) is 0 Å². The summed E-state index contributed by atoms with van der Waals surface area (Å²) in [5, 5.41) is 8.53. The lowest BCUT2D eigenvalue weighted by molar-refractivity contribution is -0.131. The van der Waals surface area contributed by atoms with Crippen LogP contribution in [0.5, 0.6) is 0 Å². The van der Waals surface area contributed by atoms with E-state index in [1.54, 1.807) is 6.08 Å². The molecule has 1 aromatic carbocycles. The predicted octanol–water partition coefficient (Wildman–Crippen LogP) is 2.66. The monoisotopic (exact) mass is 200 g/mol. The molecule has 15 heavy (non-hydrogen) atoms. The Morgan fingerprint density at radius 3 is 2.87 bits per heavy atom. The smallest absolute Gasteiger partial charge is 0.328 e. The van der Waals surface area contributed by atoms with Crippen molar-refractivity contribution in [3.63, 3.8) is 0 Å². The largest absolute Gasteiger partial charge is 0.478 e. The van der Waals surface area contributed by atoms with Crippen molar-refractivity contribution in [1.29, 1.82) is 0 Å². The summed E-state index contributed by atoms with van der Waals surface area (Å²) in [5.74, 6) is -0.894. The van der Waals surface area contributed by atoms with Crippen LogP contribution in [-0.4, -0.2) is 11.1 Å². The fourth-order valence-electron chi connectivity index (χ4n) is 1.76. The lowest BCUT2D eigenvalue weighted by Crippen LogP contribution is -1.98. The van der Waals surface area contributed by atoms with Crippen molar-refractivity contribution in [1.82, 2.24) is 0 Å². The van der Waals surface area contributed by atoms with Crippen molar-refractivity contribution in [3.05, 3.63) is 53.1 Å². The summed E-state index contributed by atoms with van der Waals surface area (Å²) in [6.45, 7) is 0. The summed E-state index contributed by atoms with van der Waals surface area (Å²) in [6, 6.07) is 8.20. The van der Waals surface area contributed by atoms with Gasteiger partial charge in [0.2, 0.25) is 0 Å². The normalized spacial score (nSPS) is 14.8. The lowest BCUT2D eigenvalue weighted by atomic mass is 9.92. The first kappa shape index (κ1) is 9.71. The fourth-order valence-corrected chi connectivity index (χ4v) is 1.76. The zero-order valence-corrected chi connectivity index (χ0v) is 8.31. The summed E-state index contributed by atoms with van der Waals surface area (Å²) in [5.41, 5.74) is 3.62. The molecule has 1 aliphatic carbocycles. The molecule has 0 amide bonds. The van der Waals surface area contributed by atoms with Gasteiger partial charge in [0, 0.05) is 6.08 Å². The summed E-state index contributed by atoms with van der Waals surface area (Å²) >= 11 is 0. The van der Waals surface area contributed by atoms with Gasteiger partial charge < -0.3 is 5.11 Å². The molecule has 2 rings (SSSR count). The van der Waals surface area contributed by atoms with Crippen LogP contribution in [0.1, 0.15) is 17.5 Å². The molecule has 0 spiro atoms. The van der Waals surface area contributed by atoms with Gasteiger partial charge in [0.1, 0.15) is 0 Å². The standard InChI is InChI=1S/C13H12O2/c14-13(15)8-6-10-5-7-11-3-1-2-4-12(11)9-10/h1-4,6,8-9H,5,7H2,(H,14,15)/b8-6+. The molecule has 1 aliphatic rings. The number of benzene rings is 1. The predicted molar refractivity (Wildman–Crippen MR) is 59.5 cm³/mol. The molecule has 0 saturated carbocycles. The van der Waals surface area contributed by atoms with E-state index in [-0.39, 0.29) is 0 Å². The van der Waals surface area contributed by atoms with Gasteiger partial charge >= 0.3 is 5.97 Å². The van der Waals surface area contributed by atoms with Gasteiger partial charge in [-0.25, -0.2) is 4.79 Å². The second-order valence-corrected chi connectivity index (χ2v) is 3.59. The first-order valence-corrected chi connectivity index (χ1v) is 4.95. The molecule has 0 fully saturated rings. The van der Waals surface area contributed by atoms with Gasteiger partial charge in [-0.3, -0.25) is 0 Å². The minimum absolute atomic E-state index is 0.894. The van der Waals surface area contributed by atoms with Crippen LogP contribution in [0.3, 0.4) is 0 Å². The molecular formula is C13H12O2. The first-order chi connectivity index (χ1) is 7.25. The van der Waals surface area contributed by atoms with Crippen molar-refractivity contribution in [2.24, 2.45) is 0 Å². The number of fused-ring (bicyclic) bond motifs is 1. The highest BCUT2D eigenvalue weighted by atomic mass is 16.4. The van der Waals surface area contributed by atoms with Crippen LogP contribution in [0.2, 0.25) is 0 Å². The third-order valence-corrected chi connectivity index (χ3v) is 2.52. The average Bonchev–Trinajstić information content (AvgIpc) is 2.26. The van der Waals surface area contributed by atoms with Crippen molar-refractivity contribution in [2.45, 2.75) is 12.8 Å². The number of carboxylic acids is 1. The van der Waals surface area contributed by atoms with E-state index in [2.05, 4.69) is 18.2 Å². The SMILES string of the molecule is O=C(O)/C=C/C1=Cc2ccccc2CC1. The molecule has 0 aromatic heterocycles. The lowest BCUT2D eigenvalue weighted by Gasteiger charge is -2.13. The Hall–Kier alpha value is -1.83. The Labute approximate surface area is 88.6 Å². The third-order valence-electron chi connectivity index (χ3n) is 2.52. The number of carboxylic acid groups (broad SMARTS) is 1. The van der Waals surface area contributed by atoms with E-state index in [0.29, 0.717) is 0 Å². The van der Waals surface area contributed by atoms with Crippen molar-refractivity contribution < 1.29 is 9.90 Å². The summed E-state index contributed by atoms with van der Waals surface area (Å²) in [6.07, 6.45) is 6.84. The number of rotatable bonds is 2. The van der Waals surface area contributed by atoms with Crippen LogP contribution in [0.25, 0.3) is 6.08 Å². The van der Waals surface area contributed by atoms with Crippen LogP contribution in [0, 0.1) is 0 Å². The maximum atomic E-state index is 10.4. The number of carbonyl (C=O) groups is 1. The van der Waals surface area contributed by atoms with Gasteiger partial charge in [0.15, 0.2) is 0 Å². The second kappa shape index (κ2) is 4.13. The molecule has 0 radical (unpaired) electrons. The molecule has 1 N–H and O–H groups in total. The Kier molecular flexibility index (Phi) is 2.68. The van der Waals surface area contributed by atoms with Gasteiger partial charge in [-0.1, -0.05) is 36.4 Å². The van der Waals surface area contributed by atoms with Crippen LogP contribution < -0.4 is 0 Å². The minimum atomic E-state index is -0.894. The fraction of sp³-hybridized carbons (Fsp3) is 0.154. The van der Waals surface area contributed by atoms with Crippen LogP contribution >= 0.6 is 0 Å². The van der Waals surface area contributed by atoms with Gasteiger partial charge in [-0.05, 0) is 29.5 Å². The molecule has 0 bridgehead atoms. The van der Waals surface area contributed by atoms with Crippen molar-refractivity contribution >= 4 is 12.0 Å². The summed E-state index contributed by atoms with van der Waals surface area (Å²) < 4.78 is 0. The highest BCUT2D eigenvalue weighted by Crippen LogP contribution is 2.24. The molecule has 0 atom stereocenters. The molecule has 2 heteroatoms. The number of aryl methyl sites for hydroxylation is 1. The molecule has 0 saturated heterocycles. The average molecular weight is 200 g/mol. The Bertz CT molecular complexity index is 442. The number of hydrogen-bond acceptors (Lipinski definition) is 1. The highest BCUT2D eigenvalue weighted by molar-refractivity contribution is 5.81. The Balaban J connectivity index is 2.25. The maximum Gasteiger partial charge on any atom is 0.328 e. The van der Waals surface area contributed by atoms with E-state index in [9.17, 15) is 4.79 Å². The molecule has 0 unspecified atom stereocenters. The molecule has 0 heterocycles. The van der Waals surface area contributed by atoms with Gasteiger partial charge in [0.05, 0.1) is 0 Å². The minimum Gasteiger partial charge on any atom is -0.478 e. The van der Waals surface area contributed by atoms with Crippen molar-refractivity contribution in [3.8, 4) is 0 Å². The highest BCUT2D eigenvalue weighted by Gasteiger charge is 2.07. The zero-order valence-electron chi connectivity index (χ0n) is 8.31. The van der Waals surface area contributed by atoms with E-state index < -0.39 is 5.97 Å². The van der Waals surface area contributed by atoms with E-state index >= 15 is 0 Å². The molecule has 2 nitrogen and oxygen atoms in total. The van der Waals surface area contributed by atoms with E-state index in [4.69, 9.17) is 5.11 Å². The van der Waals surface area contributed by atoms with Crippen molar-refractivity contribution in [2.75, 3.05) is 0 Å². The Morgan fingerprint density at radius 2 is 2.07 bits per heavy atom. The van der Waals surface area contributed by atoms with Gasteiger partial charge in [-0.15, -0.1) is 0 Å². The van der Waals surface area contributed by atoms with Crippen LogP contribution in [0.15, 0.2) is 42.0 Å². The summed E-state index contributed by atoms with van der Waals surface area (Å²) in [4.78, 5) is 10.4. The quantitative estimate of drug-likeness (QED) is 0.745. The van der Waals surface area contributed by atoms with Gasteiger partial charge in [-0.2, -0.15) is 0 Å². The molecular weight excluding hydrogens is 188 g/mol. The maximum absolute atomic E-state index is 10.4. The molecule has 76 valence electrons. The third kappa shape index (κ3) is 2.34. The van der Waals surface area contributed by atoms with Gasteiger partial charge in [0.25, 0.3) is 0 Å². The second-order valence-electron chi connectivity index (χ2n) is 3.59. The van der Waals surface area contributed by atoms with E-state index in [0.717, 1.165) is 18.4 Å².